The van der Waals surface area contributed by atoms with Gasteiger partial charge in [0, 0.05) is 58.8 Å². The van der Waals surface area contributed by atoms with Gasteiger partial charge in [0.15, 0.2) is 0 Å². The van der Waals surface area contributed by atoms with Crippen molar-refractivity contribution in [1.82, 2.24) is 25.2 Å². The lowest BCUT2D eigenvalue weighted by Crippen LogP contribution is -2.54. The number of nitrogens with one attached hydrogen (secondary N) is 2. The fourth-order valence-corrected chi connectivity index (χ4v) is 8.18. The number of hydrogen-bond acceptors (Lipinski definition) is 9. The van der Waals surface area contributed by atoms with Crippen LogP contribution in [0.4, 0.5) is 14.5 Å². The Balaban J connectivity index is 1.04. The summed E-state index contributed by atoms with van der Waals surface area (Å²) in [5, 5.41) is 3.86. The highest BCUT2D eigenvalue weighted by Crippen LogP contribution is 2.38. The molecule has 1 saturated heterocycles. The number of benzene rings is 2. The molecule has 0 saturated carbocycles. The van der Waals surface area contributed by atoms with Gasteiger partial charge in [-0.3, -0.25) is 29.4 Å². The molecule has 3 aliphatic rings. The zero-order chi connectivity index (χ0) is 39.5. The molecule has 56 heavy (non-hydrogen) atoms. The topological polar surface area (TPSA) is 164 Å². The normalized spacial score (nSPS) is 18.6. The first-order valence-electron chi connectivity index (χ1n) is 18.7. The van der Waals surface area contributed by atoms with Crippen molar-refractivity contribution in [3.8, 4) is 17.0 Å². The number of imide groups is 2. The number of amides is 4. The lowest BCUT2D eigenvalue weighted by Gasteiger charge is -2.29. The standard InChI is InChI=1S/C42H41F2N7O5/c1-22(2)20-42(3,45)21-56-33-10-8-30(47-36(33)37(43)44)27-12-15-46-38-35(27)29-18-24(4-7-31(29)48-38)23-13-16-50(17-14-23)25-5-6-26-28(19-25)41(55)51(40(26)54)32-9-11-34(52)49-39(32)53/h4-8,10,12-13,15,18-19,22,32,37H,9,11,14,16-17,20-21,45H2,1-3H3,(H,46,48)(H,49,52,53)/t32?,42-/m0/s1. The molecule has 0 radical (unpaired) electrons. The maximum Gasteiger partial charge on any atom is 0.284 e. The Labute approximate surface area is 321 Å². The van der Waals surface area contributed by atoms with E-state index in [4.69, 9.17) is 10.5 Å². The van der Waals surface area contributed by atoms with Crippen LogP contribution in [0.15, 0.2) is 66.9 Å². The van der Waals surface area contributed by atoms with Crippen molar-refractivity contribution in [1.29, 1.82) is 0 Å². The lowest BCUT2D eigenvalue weighted by atomic mass is 9.93. The third-order valence-corrected chi connectivity index (χ3v) is 10.7. The molecule has 5 aromatic rings. The Morgan fingerprint density at radius 2 is 1.79 bits per heavy atom. The van der Waals surface area contributed by atoms with Crippen LogP contribution < -0.4 is 20.7 Å². The Kier molecular flexibility index (Phi) is 9.39. The SMILES string of the molecule is CC(C)C[C@](C)(N)COc1ccc(-c2ccnc3[nH]c4ccc(C5=CCN(c6ccc7c(c6)C(=O)N(C6CCC(=O)NC6=O)C7=O)CC5)cc4c23)nc1C(F)F. The Bertz CT molecular complexity index is 2470. The molecular formula is C42H41F2N7O5. The van der Waals surface area contributed by atoms with Gasteiger partial charge < -0.3 is 20.4 Å². The molecule has 8 rings (SSSR count). The summed E-state index contributed by atoms with van der Waals surface area (Å²) in [7, 11) is 0. The Morgan fingerprint density at radius 3 is 2.52 bits per heavy atom. The first-order valence-corrected chi connectivity index (χ1v) is 18.7. The molecule has 3 aromatic heterocycles. The predicted molar refractivity (Wildman–Crippen MR) is 207 cm³/mol. The predicted octanol–water partition coefficient (Wildman–Crippen LogP) is 6.55. The number of hydrogen-bond donors (Lipinski definition) is 3. The number of carbonyl (C=O) groups excluding carboxylic acids is 4. The van der Waals surface area contributed by atoms with Gasteiger partial charge in [0.25, 0.3) is 18.2 Å². The molecule has 288 valence electrons. The first-order chi connectivity index (χ1) is 26.8. The van der Waals surface area contributed by atoms with Gasteiger partial charge >= 0.3 is 0 Å². The number of rotatable bonds is 10. The number of aromatic amines is 1. The minimum absolute atomic E-state index is 0.00292. The van der Waals surface area contributed by atoms with Crippen molar-refractivity contribution < 1.29 is 32.7 Å². The summed E-state index contributed by atoms with van der Waals surface area (Å²) in [6, 6.07) is 15.2. The zero-order valence-electron chi connectivity index (χ0n) is 31.2. The number of piperidine rings is 1. The fourth-order valence-electron chi connectivity index (χ4n) is 8.18. The van der Waals surface area contributed by atoms with Crippen molar-refractivity contribution in [3.05, 3.63) is 89.3 Å². The second-order valence-electron chi connectivity index (χ2n) is 15.5. The molecule has 0 spiro atoms. The van der Waals surface area contributed by atoms with Crippen LogP contribution in [0.25, 0.3) is 38.8 Å². The minimum atomic E-state index is -2.86. The van der Waals surface area contributed by atoms with Crippen molar-refractivity contribution in [3.63, 3.8) is 0 Å². The highest BCUT2D eigenvalue weighted by Gasteiger charge is 2.44. The summed E-state index contributed by atoms with van der Waals surface area (Å²) in [4.78, 5) is 66.1. The van der Waals surface area contributed by atoms with E-state index in [0.29, 0.717) is 48.8 Å². The quantitative estimate of drug-likeness (QED) is 0.134. The van der Waals surface area contributed by atoms with Crippen LogP contribution in [0.2, 0.25) is 0 Å². The second kappa shape index (κ2) is 14.2. The van der Waals surface area contributed by atoms with Gasteiger partial charge in [0.1, 0.15) is 29.7 Å². The van der Waals surface area contributed by atoms with Crippen molar-refractivity contribution in [2.75, 3.05) is 24.6 Å². The molecule has 1 unspecified atom stereocenters. The molecule has 3 aliphatic heterocycles. The van der Waals surface area contributed by atoms with Gasteiger partial charge in [0.05, 0.1) is 16.8 Å². The lowest BCUT2D eigenvalue weighted by molar-refractivity contribution is -0.136. The highest BCUT2D eigenvalue weighted by atomic mass is 19.3. The van der Waals surface area contributed by atoms with E-state index in [1.165, 1.54) is 6.07 Å². The van der Waals surface area contributed by atoms with Crippen molar-refractivity contribution in [2.45, 2.75) is 64.5 Å². The van der Waals surface area contributed by atoms with Crippen LogP contribution in [0.3, 0.4) is 0 Å². The van der Waals surface area contributed by atoms with Gasteiger partial charge in [-0.25, -0.2) is 18.7 Å². The van der Waals surface area contributed by atoms with E-state index in [0.717, 1.165) is 38.0 Å². The summed E-state index contributed by atoms with van der Waals surface area (Å²) in [5.74, 6) is -1.83. The maximum absolute atomic E-state index is 14.4. The number of anilines is 1. The molecule has 4 amide bonds. The average molecular weight is 762 g/mol. The van der Waals surface area contributed by atoms with Gasteiger partial charge in [-0.2, -0.15) is 0 Å². The fraction of sp³-hybridized carbons (Fsp3) is 0.333. The molecule has 2 atom stereocenters. The number of nitrogens with two attached hydrogens (primary N) is 1. The number of ether oxygens (including phenoxy) is 1. The minimum Gasteiger partial charge on any atom is -0.490 e. The van der Waals surface area contributed by atoms with E-state index >= 15 is 0 Å². The van der Waals surface area contributed by atoms with Crippen LogP contribution in [0.5, 0.6) is 5.75 Å². The molecule has 0 bridgehead atoms. The van der Waals surface area contributed by atoms with E-state index in [2.05, 4.69) is 37.3 Å². The number of pyridine rings is 2. The van der Waals surface area contributed by atoms with Crippen molar-refractivity contribution in [2.24, 2.45) is 11.7 Å². The van der Waals surface area contributed by atoms with Crippen LogP contribution in [0.1, 0.15) is 84.9 Å². The van der Waals surface area contributed by atoms with Gasteiger partial charge in [-0.1, -0.05) is 26.0 Å². The number of carbonyl (C=O) groups is 4. The summed E-state index contributed by atoms with van der Waals surface area (Å²) in [6.07, 6.45) is 2.39. The molecule has 14 heteroatoms. The third kappa shape index (κ3) is 6.78. The van der Waals surface area contributed by atoms with Gasteiger partial charge in [0.2, 0.25) is 11.8 Å². The Morgan fingerprint density at radius 1 is 0.982 bits per heavy atom. The second-order valence-corrected chi connectivity index (χ2v) is 15.5. The van der Waals surface area contributed by atoms with Gasteiger partial charge in [-0.15, -0.1) is 0 Å². The number of halogens is 2. The van der Waals surface area contributed by atoms with E-state index in [1.807, 2.05) is 32.9 Å². The molecule has 4 N–H and O–H groups in total. The third-order valence-electron chi connectivity index (χ3n) is 10.7. The van der Waals surface area contributed by atoms with Crippen molar-refractivity contribution >= 4 is 56.8 Å². The van der Waals surface area contributed by atoms with E-state index in [9.17, 15) is 28.0 Å². The number of alkyl halides is 2. The van der Waals surface area contributed by atoms with Crippen LogP contribution >= 0.6 is 0 Å². The van der Waals surface area contributed by atoms with Crippen LogP contribution in [-0.4, -0.2) is 74.8 Å². The van der Waals surface area contributed by atoms with Crippen LogP contribution in [-0.2, 0) is 9.59 Å². The van der Waals surface area contributed by atoms with E-state index in [1.54, 1.807) is 36.5 Å². The number of aromatic nitrogens is 3. The largest absolute Gasteiger partial charge is 0.490 e. The summed E-state index contributed by atoms with van der Waals surface area (Å²) >= 11 is 0. The van der Waals surface area contributed by atoms with Crippen LogP contribution in [0, 0.1) is 5.92 Å². The zero-order valence-corrected chi connectivity index (χ0v) is 31.2. The smallest absolute Gasteiger partial charge is 0.284 e. The highest BCUT2D eigenvalue weighted by molar-refractivity contribution is 6.23. The first kappa shape index (κ1) is 36.9. The summed E-state index contributed by atoms with van der Waals surface area (Å²) in [6.45, 7) is 7.19. The average Bonchev–Trinajstić information content (AvgIpc) is 3.66. The molecule has 2 aromatic carbocycles. The molecule has 6 heterocycles. The summed E-state index contributed by atoms with van der Waals surface area (Å²) in [5.41, 5.74) is 11.1. The number of fused-ring (bicyclic) bond motifs is 4. The molecule has 0 aliphatic carbocycles. The van der Waals surface area contributed by atoms with E-state index in [-0.39, 0.29) is 36.3 Å². The Hall–Kier alpha value is -6.02. The maximum atomic E-state index is 14.4. The number of H-pyrrole nitrogens is 1. The molecule has 12 nitrogen and oxygen atoms in total. The van der Waals surface area contributed by atoms with Gasteiger partial charge in [-0.05, 0) is 91.8 Å². The molecule has 1 fully saturated rings. The monoisotopic (exact) mass is 761 g/mol. The van der Waals surface area contributed by atoms with E-state index < -0.39 is 47.3 Å². The molecular weight excluding hydrogens is 721 g/mol. The summed E-state index contributed by atoms with van der Waals surface area (Å²) < 4.78 is 34.6. The number of nitrogens with zero attached hydrogens (tertiary/aromatic N) is 4.